The summed E-state index contributed by atoms with van der Waals surface area (Å²) in [6, 6.07) is 21.6. The normalized spacial score (nSPS) is 11.1. The fraction of sp³-hybridized carbons (Fsp3) is 0.0435. The van der Waals surface area contributed by atoms with E-state index in [-0.39, 0.29) is 11.2 Å². The molecule has 4 aromatic rings. The number of hydrogen-bond donors (Lipinski definition) is 0. The Morgan fingerprint density at radius 1 is 1.00 bits per heavy atom. The van der Waals surface area contributed by atoms with Crippen LogP contribution in [0.1, 0.15) is 11.4 Å². The predicted molar refractivity (Wildman–Crippen MR) is 121 cm³/mol. The van der Waals surface area contributed by atoms with E-state index in [1.807, 2.05) is 36.4 Å². The van der Waals surface area contributed by atoms with Crippen molar-refractivity contribution >= 4 is 44.7 Å². The summed E-state index contributed by atoms with van der Waals surface area (Å²) < 4.78 is 2.47. The molecule has 3 aromatic carbocycles. The minimum Gasteiger partial charge on any atom is -0.268 e. The van der Waals surface area contributed by atoms with Crippen molar-refractivity contribution < 1.29 is 9.76 Å². The lowest BCUT2D eigenvalue weighted by atomic mass is 10.2. The first kappa shape index (κ1) is 19.7. The van der Waals surface area contributed by atoms with Gasteiger partial charge in [0, 0.05) is 16.6 Å². The molecule has 0 fully saturated rings. The molecule has 0 bridgehead atoms. The average molecular weight is 463 g/mol. The van der Waals surface area contributed by atoms with Gasteiger partial charge in [-0.05, 0) is 42.0 Å². The van der Waals surface area contributed by atoms with Crippen molar-refractivity contribution in [1.29, 1.82) is 0 Å². The van der Waals surface area contributed by atoms with E-state index in [1.54, 1.807) is 48.5 Å². The monoisotopic (exact) mass is 462 g/mol. The van der Waals surface area contributed by atoms with Crippen LogP contribution in [0, 0.1) is 4.91 Å². The minimum atomic E-state index is -0.219. The second kappa shape index (κ2) is 8.42. The zero-order valence-electron chi connectivity index (χ0n) is 16.0. The number of halogens is 1. The molecule has 1 aromatic heterocycles. The van der Waals surface area contributed by atoms with Gasteiger partial charge in [-0.25, -0.2) is 9.82 Å². The molecular weight excluding hydrogens is 446 g/mol. The van der Waals surface area contributed by atoms with Crippen LogP contribution in [-0.4, -0.2) is 21.6 Å². The standard InChI is InChI=1S/C23H17BrN3O3/c1-30-27(29)19-6-4-5-18(15-19)26-22(14-11-16-9-12-17(24)13-10-16)25-21-8-3-2-7-20(21)23(26)28/h2-15H,1H3/q+1/b14-11-. The molecule has 0 aliphatic rings. The molecule has 0 atom stereocenters. The summed E-state index contributed by atoms with van der Waals surface area (Å²) in [7, 11) is 1.29. The van der Waals surface area contributed by atoms with E-state index >= 15 is 0 Å². The Kier molecular flexibility index (Phi) is 5.54. The first-order chi connectivity index (χ1) is 14.6. The van der Waals surface area contributed by atoms with Crippen molar-refractivity contribution in [2.45, 2.75) is 0 Å². The highest BCUT2D eigenvalue weighted by atomic mass is 79.9. The first-order valence-corrected chi connectivity index (χ1v) is 9.93. The molecule has 0 amide bonds. The Morgan fingerprint density at radius 2 is 1.77 bits per heavy atom. The molecular formula is C23H17BrN3O3+. The summed E-state index contributed by atoms with van der Waals surface area (Å²) >= 11 is 3.42. The van der Waals surface area contributed by atoms with Crippen LogP contribution in [0.15, 0.2) is 82.1 Å². The second-order valence-electron chi connectivity index (χ2n) is 6.47. The summed E-state index contributed by atoms with van der Waals surface area (Å²) in [4.78, 5) is 35.0. The highest BCUT2D eigenvalue weighted by Crippen LogP contribution is 2.20. The Bertz CT molecular complexity index is 1330. The van der Waals surface area contributed by atoms with Gasteiger partial charge < -0.3 is 0 Å². The van der Waals surface area contributed by atoms with Crippen LogP contribution in [-0.2, 0) is 4.84 Å². The molecule has 0 saturated carbocycles. The molecule has 0 radical (unpaired) electrons. The van der Waals surface area contributed by atoms with Crippen molar-refractivity contribution in [3.63, 3.8) is 0 Å². The van der Waals surface area contributed by atoms with Gasteiger partial charge >= 0.3 is 5.69 Å². The van der Waals surface area contributed by atoms with Crippen LogP contribution in [0.4, 0.5) is 5.69 Å². The number of rotatable bonds is 5. The molecule has 0 unspecified atom stereocenters. The topological polar surface area (TPSA) is 64.2 Å². The van der Waals surface area contributed by atoms with Gasteiger partial charge in [0.05, 0.1) is 21.5 Å². The molecule has 148 valence electrons. The SMILES string of the molecule is CO[N+](=O)c1cccc(-n2c(/C=C\c3ccc(Br)cc3)nc3ccccc3c2=O)c1. The number of benzene rings is 3. The van der Waals surface area contributed by atoms with Gasteiger partial charge in [0.1, 0.15) is 5.82 Å². The largest absolute Gasteiger partial charge is 0.318 e. The molecule has 0 aliphatic heterocycles. The van der Waals surface area contributed by atoms with Gasteiger partial charge in [-0.2, -0.15) is 0 Å². The molecule has 1 heterocycles. The smallest absolute Gasteiger partial charge is 0.268 e. The van der Waals surface area contributed by atoms with Crippen molar-refractivity contribution in [2.24, 2.45) is 0 Å². The van der Waals surface area contributed by atoms with E-state index in [2.05, 4.69) is 20.9 Å². The van der Waals surface area contributed by atoms with Gasteiger partial charge in [0.25, 0.3) is 10.5 Å². The molecule has 0 saturated heterocycles. The Morgan fingerprint density at radius 3 is 2.53 bits per heavy atom. The molecule has 6 nitrogen and oxygen atoms in total. The first-order valence-electron chi connectivity index (χ1n) is 9.14. The summed E-state index contributed by atoms with van der Waals surface area (Å²) in [5.74, 6) is 0.452. The van der Waals surface area contributed by atoms with Crippen LogP contribution < -0.4 is 5.56 Å². The van der Waals surface area contributed by atoms with Crippen LogP contribution in [0.25, 0.3) is 28.7 Å². The highest BCUT2D eigenvalue weighted by Gasteiger charge is 2.17. The number of hydrogen-bond acceptors (Lipinski definition) is 4. The van der Waals surface area contributed by atoms with Crippen molar-refractivity contribution in [3.8, 4) is 5.69 Å². The quantitative estimate of drug-likeness (QED) is 0.378. The molecule has 4 rings (SSSR count). The van der Waals surface area contributed by atoms with E-state index in [0.29, 0.717) is 27.3 Å². The van der Waals surface area contributed by atoms with Crippen LogP contribution in [0.2, 0.25) is 0 Å². The zero-order chi connectivity index (χ0) is 21.1. The molecule has 0 spiro atoms. The van der Waals surface area contributed by atoms with E-state index in [9.17, 15) is 9.70 Å². The van der Waals surface area contributed by atoms with Crippen molar-refractivity contribution in [1.82, 2.24) is 9.55 Å². The van der Waals surface area contributed by atoms with E-state index in [4.69, 9.17) is 4.84 Å². The van der Waals surface area contributed by atoms with E-state index in [0.717, 1.165) is 10.0 Å². The lowest BCUT2D eigenvalue weighted by molar-refractivity contribution is -0.736. The van der Waals surface area contributed by atoms with E-state index < -0.39 is 0 Å². The molecule has 7 heteroatoms. The maximum atomic E-state index is 13.3. The maximum absolute atomic E-state index is 13.3. The third-order valence-corrected chi connectivity index (χ3v) is 5.09. The average Bonchev–Trinajstić information content (AvgIpc) is 2.78. The summed E-state index contributed by atoms with van der Waals surface area (Å²) in [6.45, 7) is 0. The second-order valence-corrected chi connectivity index (χ2v) is 7.39. The fourth-order valence-electron chi connectivity index (χ4n) is 3.11. The van der Waals surface area contributed by atoms with Gasteiger partial charge in [-0.15, -0.1) is 0 Å². The van der Waals surface area contributed by atoms with Gasteiger partial charge in [-0.1, -0.05) is 52.3 Å². The number of aromatic nitrogens is 2. The molecule has 30 heavy (non-hydrogen) atoms. The maximum Gasteiger partial charge on any atom is 0.318 e. The van der Waals surface area contributed by atoms with Gasteiger partial charge in [-0.3, -0.25) is 9.36 Å². The summed E-state index contributed by atoms with van der Waals surface area (Å²) in [6.07, 6.45) is 3.67. The predicted octanol–water partition coefficient (Wildman–Crippen LogP) is 5.29. The number of fused-ring (bicyclic) bond motifs is 1. The van der Waals surface area contributed by atoms with Crippen LogP contribution >= 0.6 is 15.9 Å². The van der Waals surface area contributed by atoms with Gasteiger partial charge in [0.15, 0.2) is 7.11 Å². The Labute approximate surface area is 180 Å². The minimum absolute atomic E-state index is 0.219. The van der Waals surface area contributed by atoms with Crippen molar-refractivity contribution in [3.05, 3.63) is 104 Å². The fourth-order valence-corrected chi connectivity index (χ4v) is 3.37. The Balaban J connectivity index is 1.92. The third kappa shape index (κ3) is 3.92. The van der Waals surface area contributed by atoms with Gasteiger partial charge in [0.2, 0.25) is 0 Å². The number of para-hydroxylation sites is 1. The summed E-state index contributed by atoms with van der Waals surface area (Å²) in [5.41, 5.74) is 2.14. The van der Waals surface area contributed by atoms with Crippen LogP contribution in [0.5, 0.6) is 0 Å². The van der Waals surface area contributed by atoms with Crippen molar-refractivity contribution in [2.75, 3.05) is 7.11 Å². The highest BCUT2D eigenvalue weighted by molar-refractivity contribution is 9.10. The molecule has 0 N–H and O–H groups in total. The zero-order valence-corrected chi connectivity index (χ0v) is 17.6. The molecule has 0 aliphatic carbocycles. The lowest BCUT2D eigenvalue weighted by Gasteiger charge is -2.11. The lowest BCUT2D eigenvalue weighted by Crippen LogP contribution is -2.22. The number of nitrogens with zero attached hydrogens (tertiary/aromatic N) is 3. The third-order valence-electron chi connectivity index (χ3n) is 4.56. The van der Waals surface area contributed by atoms with Crippen LogP contribution in [0.3, 0.4) is 0 Å². The Hall–Kier alpha value is -3.58. The van der Waals surface area contributed by atoms with E-state index in [1.165, 1.54) is 11.7 Å². The summed E-state index contributed by atoms with van der Waals surface area (Å²) in [5, 5.41) is 0.495.